The van der Waals surface area contributed by atoms with Crippen LogP contribution in [0.1, 0.15) is 0 Å². The van der Waals surface area contributed by atoms with E-state index in [1.165, 1.54) is 23.0 Å². The van der Waals surface area contributed by atoms with E-state index in [0.29, 0.717) is 6.04 Å². The first-order valence-electron chi connectivity index (χ1n) is 5.85. The van der Waals surface area contributed by atoms with Crippen LogP contribution in [0.25, 0.3) is 0 Å². The van der Waals surface area contributed by atoms with Gasteiger partial charge in [-0.15, -0.1) is 0 Å². The summed E-state index contributed by atoms with van der Waals surface area (Å²) in [5.41, 5.74) is 0. The fraction of sp³-hybridized carbons (Fsp3) is 0.727. The van der Waals surface area contributed by atoms with Gasteiger partial charge in [-0.3, -0.25) is 0 Å². The van der Waals surface area contributed by atoms with Crippen molar-refractivity contribution in [1.82, 2.24) is 14.9 Å². The van der Waals surface area contributed by atoms with Crippen molar-refractivity contribution >= 4 is 35.3 Å². The highest BCUT2D eigenvalue weighted by Crippen LogP contribution is 2.17. The molecular formula is C11H19N3S3. The highest BCUT2D eigenvalue weighted by Gasteiger charge is 2.11. The standard InChI is InChI=1S/C11H19N3S3/c1-14-4-2-13-11(14)17-5-3-12-10-8-15-6-7-16-9-10/h2,4,10,12H,3,5-9H2,1H3. The lowest BCUT2D eigenvalue weighted by Gasteiger charge is -2.14. The minimum Gasteiger partial charge on any atom is -0.329 e. The molecule has 1 aromatic rings. The first-order chi connectivity index (χ1) is 8.36. The van der Waals surface area contributed by atoms with E-state index in [1.54, 1.807) is 0 Å². The molecule has 6 heteroatoms. The molecule has 1 aliphatic heterocycles. The van der Waals surface area contributed by atoms with E-state index in [-0.39, 0.29) is 0 Å². The number of aryl methyl sites for hydroxylation is 1. The van der Waals surface area contributed by atoms with Crippen molar-refractivity contribution in [3.63, 3.8) is 0 Å². The van der Waals surface area contributed by atoms with Gasteiger partial charge in [-0.1, -0.05) is 11.8 Å². The Bertz CT molecular complexity index is 322. The number of hydrogen-bond donors (Lipinski definition) is 1. The molecule has 0 saturated carbocycles. The van der Waals surface area contributed by atoms with E-state index in [1.807, 2.05) is 31.2 Å². The van der Waals surface area contributed by atoms with Gasteiger partial charge in [0.05, 0.1) is 0 Å². The smallest absolute Gasteiger partial charge is 0.167 e. The second kappa shape index (κ2) is 7.61. The summed E-state index contributed by atoms with van der Waals surface area (Å²) in [4.78, 5) is 4.31. The van der Waals surface area contributed by atoms with Crippen molar-refractivity contribution in [3.8, 4) is 0 Å². The van der Waals surface area contributed by atoms with Gasteiger partial charge in [0.1, 0.15) is 0 Å². The van der Waals surface area contributed by atoms with Gasteiger partial charge in [-0.2, -0.15) is 23.5 Å². The predicted octanol–water partition coefficient (Wildman–Crippen LogP) is 1.95. The van der Waals surface area contributed by atoms with Crippen LogP contribution < -0.4 is 5.32 Å². The van der Waals surface area contributed by atoms with E-state index in [9.17, 15) is 0 Å². The fourth-order valence-electron chi connectivity index (χ4n) is 1.63. The third-order valence-corrected chi connectivity index (χ3v) is 6.13. The van der Waals surface area contributed by atoms with Crippen LogP contribution in [0.3, 0.4) is 0 Å². The molecule has 0 aliphatic carbocycles. The maximum absolute atomic E-state index is 4.31. The highest BCUT2D eigenvalue weighted by atomic mass is 32.2. The summed E-state index contributed by atoms with van der Waals surface area (Å²) < 4.78 is 2.07. The molecule has 0 radical (unpaired) electrons. The summed E-state index contributed by atoms with van der Waals surface area (Å²) in [6.45, 7) is 1.07. The van der Waals surface area contributed by atoms with Crippen LogP contribution >= 0.6 is 35.3 Å². The van der Waals surface area contributed by atoms with Gasteiger partial charge in [0.2, 0.25) is 0 Å². The molecule has 96 valence electrons. The first kappa shape index (κ1) is 13.6. The van der Waals surface area contributed by atoms with Crippen LogP contribution in [-0.4, -0.2) is 50.9 Å². The molecule has 0 amide bonds. The topological polar surface area (TPSA) is 29.9 Å². The van der Waals surface area contributed by atoms with Crippen molar-refractivity contribution in [3.05, 3.63) is 12.4 Å². The predicted molar refractivity (Wildman–Crippen MR) is 80.4 cm³/mol. The van der Waals surface area contributed by atoms with Gasteiger partial charge in [-0.25, -0.2) is 4.98 Å². The van der Waals surface area contributed by atoms with E-state index >= 15 is 0 Å². The maximum Gasteiger partial charge on any atom is 0.167 e. The maximum atomic E-state index is 4.31. The molecule has 2 heterocycles. The average molecular weight is 289 g/mol. The number of rotatable bonds is 5. The van der Waals surface area contributed by atoms with Gasteiger partial charge in [0, 0.05) is 60.8 Å². The van der Waals surface area contributed by atoms with E-state index < -0.39 is 0 Å². The zero-order valence-corrected chi connectivity index (χ0v) is 12.5. The number of hydrogen-bond acceptors (Lipinski definition) is 5. The minimum atomic E-state index is 0.689. The van der Waals surface area contributed by atoms with Crippen LogP contribution in [0.5, 0.6) is 0 Å². The number of aromatic nitrogens is 2. The van der Waals surface area contributed by atoms with Crippen molar-refractivity contribution in [2.45, 2.75) is 11.2 Å². The SMILES string of the molecule is Cn1ccnc1SCCNC1CSCCSC1. The normalized spacial score (nSPS) is 18.2. The molecule has 0 spiro atoms. The number of nitrogens with one attached hydrogen (secondary N) is 1. The van der Waals surface area contributed by atoms with Gasteiger partial charge in [0.25, 0.3) is 0 Å². The van der Waals surface area contributed by atoms with Crippen molar-refractivity contribution in [1.29, 1.82) is 0 Å². The molecule has 3 nitrogen and oxygen atoms in total. The number of imidazole rings is 1. The van der Waals surface area contributed by atoms with E-state index in [2.05, 4.69) is 38.4 Å². The molecular weight excluding hydrogens is 270 g/mol. The van der Waals surface area contributed by atoms with Crippen LogP contribution in [0, 0.1) is 0 Å². The Morgan fingerprint density at radius 2 is 2.24 bits per heavy atom. The van der Waals surface area contributed by atoms with Crippen LogP contribution in [0.15, 0.2) is 17.6 Å². The summed E-state index contributed by atoms with van der Waals surface area (Å²) in [5.74, 6) is 6.24. The van der Waals surface area contributed by atoms with Crippen molar-refractivity contribution < 1.29 is 0 Å². The Kier molecular flexibility index (Phi) is 6.11. The van der Waals surface area contributed by atoms with Gasteiger partial charge in [-0.05, 0) is 0 Å². The summed E-state index contributed by atoms with van der Waals surface area (Å²) in [6.07, 6.45) is 3.85. The van der Waals surface area contributed by atoms with Crippen LogP contribution in [-0.2, 0) is 7.05 Å². The molecule has 1 aliphatic rings. The molecule has 1 saturated heterocycles. The molecule has 17 heavy (non-hydrogen) atoms. The molecule has 0 aromatic carbocycles. The highest BCUT2D eigenvalue weighted by molar-refractivity contribution is 8.03. The van der Waals surface area contributed by atoms with Gasteiger partial charge in [0.15, 0.2) is 5.16 Å². The zero-order chi connectivity index (χ0) is 11.9. The lowest BCUT2D eigenvalue weighted by atomic mass is 10.4. The third kappa shape index (κ3) is 4.77. The molecule has 0 unspecified atom stereocenters. The summed E-state index contributed by atoms with van der Waals surface area (Å²) >= 11 is 5.97. The van der Waals surface area contributed by atoms with Crippen molar-refractivity contribution in [2.75, 3.05) is 35.3 Å². The van der Waals surface area contributed by atoms with Gasteiger partial charge >= 0.3 is 0 Å². The zero-order valence-electron chi connectivity index (χ0n) is 10.1. The number of thioether (sulfide) groups is 3. The number of nitrogens with zero attached hydrogens (tertiary/aromatic N) is 2. The third-order valence-electron chi connectivity index (χ3n) is 2.55. The quantitative estimate of drug-likeness (QED) is 0.661. The monoisotopic (exact) mass is 289 g/mol. The Labute approximate surface area is 116 Å². The summed E-state index contributed by atoms with van der Waals surface area (Å²) in [5, 5.41) is 4.75. The van der Waals surface area contributed by atoms with Crippen LogP contribution in [0.4, 0.5) is 0 Å². The Morgan fingerprint density at radius 3 is 2.88 bits per heavy atom. The molecule has 0 bridgehead atoms. The minimum absolute atomic E-state index is 0.689. The lowest BCUT2D eigenvalue weighted by Crippen LogP contribution is -2.34. The Morgan fingerprint density at radius 1 is 1.47 bits per heavy atom. The summed E-state index contributed by atoms with van der Waals surface area (Å²) in [6, 6.07) is 0.689. The molecule has 1 aromatic heterocycles. The second-order valence-electron chi connectivity index (χ2n) is 3.97. The molecule has 1 fully saturated rings. The van der Waals surface area contributed by atoms with Crippen molar-refractivity contribution in [2.24, 2.45) is 7.05 Å². The Balaban J connectivity index is 1.61. The van der Waals surface area contributed by atoms with Crippen LogP contribution in [0.2, 0.25) is 0 Å². The largest absolute Gasteiger partial charge is 0.329 e. The molecule has 0 atom stereocenters. The van der Waals surface area contributed by atoms with E-state index in [0.717, 1.165) is 17.5 Å². The Hall–Kier alpha value is 0.220. The second-order valence-corrected chi connectivity index (χ2v) is 7.33. The van der Waals surface area contributed by atoms with Gasteiger partial charge < -0.3 is 9.88 Å². The first-order valence-corrected chi connectivity index (χ1v) is 9.15. The van der Waals surface area contributed by atoms with E-state index in [4.69, 9.17) is 0 Å². The molecule has 1 N–H and O–H groups in total. The average Bonchev–Trinajstić information content (AvgIpc) is 2.60. The lowest BCUT2D eigenvalue weighted by molar-refractivity contribution is 0.632. The fourth-order valence-corrected chi connectivity index (χ4v) is 4.90. The molecule has 2 rings (SSSR count). The summed E-state index contributed by atoms with van der Waals surface area (Å²) in [7, 11) is 2.04.